The molecule has 1 rings (SSSR count). The Hall–Kier alpha value is -1.67. The predicted octanol–water partition coefficient (Wildman–Crippen LogP) is 1.95. The number of rotatable bonds is 6. The predicted molar refractivity (Wildman–Crippen MR) is 75.0 cm³/mol. The van der Waals surface area contributed by atoms with Crippen molar-refractivity contribution in [2.45, 2.75) is 46.6 Å². The van der Waals surface area contributed by atoms with Crippen molar-refractivity contribution in [1.29, 1.82) is 5.26 Å². The van der Waals surface area contributed by atoms with Crippen LogP contribution in [0.3, 0.4) is 0 Å². The van der Waals surface area contributed by atoms with Crippen molar-refractivity contribution >= 4 is 5.82 Å². The molecule has 5 nitrogen and oxygen atoms in total. The highest BCUT2D eigenvalue weighted by atomic mass is 16.3. The average Bonchev–Trinajstić information content (AvgIpc) is 2.42. The summed E-state index contributed by atoms with van der Waals surface area (Å²) in [5, 5.41) is 26.9. The molecule has 0 aliphatic carbocycles. The minimum absolute atomic E-state index is 0.0377. The normalized spacial score (nSPS) is 10.6. The zero-order chi connectivity index (χ0) is 14.4. The Bertz CT molecular complexity index is 463. The first-order chi connectivity index (χ1) is 9.10. The molecular weight excluding hydrogens is 240 g/mol. The molecule has 0 aliphatic rings. The van der Waals surface area contributed by atoms with E-state index in [1.54, 1.807) is 0 Å². The molecule has 1 heterocycles. The summed E-state index contributed by atoms with van der Waals surface area (Å²) in [6, 6.07) is 2.48. The number of hydrogen-bond acceptors (Lipinski definition) is 5. The number of hydrogen-bond donors (Lipinski definition) is 1. The van der Waals surface area contributed by atoms with Crippen molar-refractivity contribution in [2.24, 2.45) is 0 Å². The van der Waals surface area contributed by atoms with Crippen LogP contribution in [-0.4, -0.2) is 34.5 Å². The number of aliphatic hydroxyl groups excluding tert-OH is 1. The van der Waals surface area contributed by atoms with Crippen molar-refractivity contribution in [3.8, 4) is 6.07 Å². The van der Waals surface area contributed by atoms with Crippen LogP contribution in [0, 0.1) is 25.2 Å². The molecule has 19 heavy (non-hydrogen) atoms. The zero-order valence-corrected chi connectivity index (χ0v) is 12.1. The Balaban J connectivity index is 3.31. The number of aryl methyl sites for hydroxylation is 1. The molecule has 0 amide bonds. The maximum absolute atomic E-state index is 9.36. The Morgan fingerprint density at radius 1 is 1.26 bits per heavy atom. The summed E-state index contributed by atoms with van der Waals surface area (Å²) in [6.07, 6.45) is 1.88. The molecule has 0 bridgehead atoms. The first kappa shape index (κ1) is 15.4. The van der Waals surface area contributed by atoms with Crippen LogP contribution in [0.25, 0.3) is 0 Å². The summed E-state index contributed by atoms with van der Waals surface area (Å²) in [6.45, 7) is 8.43. The van der Waals surface area contributed by atoms with E-state index in [-0.39, 0.29) is 12.6 Å². The van der Waals surface area contributed by atoms with Gasteiger partial charge in [-0.1, -0.05) is 13.8 Å². The maximum Gasteiger partial charge on any atom is 0.169 e. The van der Waals surface area contributed by atoms with E-state index in [1.165, 1.54) is 0 Å². The van der Waals surface area contributed by atoms with Crippen LogP contribution >= 0.6 is 0 Å². The summed E-state index contributed by atoms with van der Waals surface area (Å²) >= 11 is 0. The third-order valence-electron chi connectivity index (χ3n) is 3.54. The van der Waals surface area contributed by atoms with Gasteiger partial charge in [0, 0.05) is 12.6 Å². The molecule has 0 spiro atoms. The standard InChI is InChI=1S/C14H22N4O/c1-5-12(6-2)18(7-8-19)14-13(9-15)10(3)11(4)16-17-14/h12,19H,5-8H2,1-4H3. The molecular formula is C14H22N4O. The van der Waals surface area contributed by atoms with Gasteiger partial charge in [0.05, 0.1) is 12.3 Å². The second kappa shape index (κ2) is 7.05. The van der Waals surface area contributed by atoms with Crippen LogP contribution in [0.2, 0.25) is 0 Å². The molecule has 0 aliphatic heterocycles. The van der Waals surface area contributed by atoms with E-state index in [0.717, 1.165) is 24.1 Å². The monoisotopic (exact) mass is 262 g/mol. The fourth-order valence-corrected chi connectivity index (χ4v) is 2.23. The number of aromatic nitrogens is 2. The van der Waals surface area contributed by atoms with E-state index >= 15 is 0 Å². The number of nitriles is 1. The first-order valence-electron chi connectivity index (χ1n) is 6.72. The van der Waals surface area contributed by atoms with Gasteiger partial charge in [-0.2, -0.15) is 10.4 Å². The molecule has 1 aromatic rings. The highest BCUT2D eigenvalue weighted by Crippen LogP contribution is 2.24. The molecule has 0 saturated carbocycles. The van der Waals surface area contributed by atoms with E-state index in [0.29, 0.717) is 17.9 Å². The van der Waals surface area contributed by atoms with Crippen molar-refractivity contribution in [3.05, 3.63) is 16.8 Å². The lowest BCUT2D eigenvalue weighted by Crippen LogP contribution is -2.38. The van der Waals surface area contributed by atoms with Crippen molar-refractivity contribution in [2.75, 3.05) is 18.1 Å². The summed E-state index contributed by atoms with van der Waals surface area (Å²) in [5.41, 5.74) is 2.20. The summed E-state index contributed by atoms with van der Waals surface area (Å²) in [4.78, 5) is 2.00. The van der Waals surface area contributed by atoms with Gasteiger partial charge in [-0.15, -0.1) is 5.10 Å². The van der Waals surface area contributed by atoms with Crippen LogP contribution < -0.4 is 4.90 Å². The molecule has 0 unspecified atom stereocenters. The van der Waals surface area contributed by atoms with Gasteiger partial charge < -0.3 is 10.0 Å². The minimum atomic E-state index is 0.0377. The summed E-state index contributed by atoms with van der Waals surface area (Å²) in [7, 11) is 0. The van der Waals surface area contributed by atoms with E-state index in [1.807, 2.05) is 18.7 Å². The van der Waals surface area contributed by atoms with Crippen molar-refractivity contribution in [3.63, 3.8) is 0 Å². The van der Waals surface area contributed by atoms with Gasteiger partial charge in [-0.3, -0.25) is 0 Å². The molecule has 1 aromatic heterocycles. The quantitative estimate of drug-likeness (QED) is 0.848. The lowest BCUT2D eigenvalue weighted by Gasteiger charge is -2.31. The number of anilines is 1. The number of nitrogens with zero attached hydrogens (tertiary/aromatic N) is 4. The van der Waals surface area contributed by atoms with Crippen LogP contribution in [0.5, 0.6) is 0 Å². The van der Waals surface area contributed by atoms with E-state index < -0.39 is 0 Å². The molecule has 0 aromatic carbocycles. The molecule has 0 fully saturated rings. The molecule has 1 N–H and O–H groups in total. The van der Waals surface area contributed by atoms with Crippen LogP contribution in [-0.2, 0) is 0 Å². The lowest BCUT2D eigenvalue weighted by atomic mass is 10.1. The van der Waals surface area contributed by atoms with Crippen molar-refractivity contribution in [1.82, 2.24) is 10.2 Å². The fraction of sp³-hybridized carbons (Fsp3) is 0.643. The third-order valence-corrected chi connectivity index (χ3v) is 3.54. The highest BCUT2D eigenvalue weighted by molar-refractivity contribution is 5.58. The first-order valence-corrected chi connectivity index (χ1v) is 6.72. The van der Waals surface area contributed by atoms with Gasteiger partial charge in [0.15, 0.2) is 5.82 Å². The van der Waals surface area contributed by atoms with Gasteiger partial charge in [0.25, 0.3) is 0 Å². The summed E-state index contributed by atoms with van der Waals surface area (Å²) in [5.74, 6) is 0.591. The summed E-state index contributed by atoms with van der Waals surface area (Å²) < 4.78 is 0. The zero-order valence-electron chi connectivity index (χ0n) is 12.1. The van der Waals surface area contributed by atoms with E-state index in [2.05, 4.69) is 30.1 Å². The van der Waals surface area contributed by atoms with Gasteiger partial charge in [0.2, 0.25) is 0 Å². The largest absolute Gasteiger partial charge is 0.395 e. The Morgan fingerprint density at radius 2 is 1.89 bits per heavy atom. The topological polar surface area (TPSA) is 73.0 Å². The van der Waals surface area contributed by atoms with Crippen LogP contribution in [0.15, 0.2) is 0 Å². The Labute approximate surface area is 114 Å². The second-order valence-corrected chi connectivity index (χ2v) is 4.61. The third kappa shape index (κ3) is 3.21. The van der Waals surface area contributed by atoms with Crippen molar-refractivity contribution < 1.29 is 5.11 Å². The molecule has 0 atom stereocenters. The highest BCUT2D eigenvalue weighted by Gasteiger charge is 2.22. The maximum atomic E-state index is 9.36. The fourth-order valence-electron chi connectivity index (χ4n) is 2.23. The van der Waals surface area contributed by atoms with Crippen LogP contribution in [0.4, 0.5) is 5.82 Å². The van der Waals surface area contributed by atoms with Gasteiger partial charge in [0.1, 0.15) is 11.6 Å². The molecule has 104 valence electrons. The second-order valence-electron chi connectivity index (χ2n) is 4.61. The average molecular weight is 262 g/mol. The minimum Gasteiger partial charge on any atom is -0.395 e. The number of aliphatic hydroxyl groups is 1. The molecule has 0 saturated heterocycles. The molecule has 0 radical (unpaired) electrons. The van der Waals surface area contributed by atoms with Crippen LogP contribution in [0.1, 0.15) is 43.5 Å². The lowest BCUT2D eigenvalue weighted by molar-refractivity contribution is 0.295. The van der Waals surface area contributed by atoms with E-state index in [4.69, 9.17) is 0 Å². The Kier molecular flexibility index (Phi) is 5.71. The Morgan fingerprint density at radius 3 is 2.37 bits per heavy atom. The van der Waals surface area contributed by atoms with Gasteiger partial charge >= 0.3 is 0 Å². The van der Waals surface area contributed by atoms with Gasteiger partial charge in [-0.25, -0.2) is 0 Å². The van der Waals surface area contributed by atoms with Gasteiger partial charge in [-0.05, 0) is 32.3 Å². The SMILES string of the molecule is CCC(CC)N(CCO)c1nnc(C)c(C)c1C#N. The molecule has 5 heteroatoms. The van der Waals surface area contributed by atoms with E-state index in [9.17, 15) is 10.4 Å². The smallest absolute Gasteiger partial charge is 0.169 e.